The molecule has 0 aromatic heterocycles. The Morgan fingerprint density at radius 3 is 2.19 bits per heavy atom. The number of esters is 1. The maximum Gasteiger partial charge on any atom is 0.328 e. The molecule has 27 heavy (non-hydrogen) atoms. The molecule has 3 N–H and O–H groups in total. The molecule has 1 unspecified atom stereocenters. The van der Waals surface area contributed by atoms with Crippen LogP contribution in [0.5, 0.6) is 0 Å². The van der Waals surface area contributed by atoms with Crippen molar-refractivity contribution in [3.63, 3.8) is 0 Å². The van der Waals surface area contributed by atoms with Crippen LogP contribution in [0.4, 0.5) is 5.69 Å². The summed E-state index contributed by atoms with van der Waals surface area (Å²) in [5, 5.41) is 5.64. The molecule has 0 spiro atoms. The second-order valence-electron chi connectivity index (χ2n) is 7.08. The molecule has 0 saturated carbocycles. The first kappa shape index (κ1) is 22.6. The van der Waals surface area contributed by atoms with Crippen LogP contribution in [0, 0.1) is 19.8 Å². The van der Waals surface area contributed by atoms with E-state index in [2.05, 4.69) is 10.6 Å². The molecule has 0 radical (unpaired) electrons. The zero-order valence-corrected chi connectivity index (χ0v) is 17.1. The minimum atomic E-state index is -0.677. The number of likely N-dealkylation sites (N-methyl/N-ethyl adjacent to an activating group) is 1. The summed E-state index contributed by atoms with van der Waals surface area (Å²) in [6, 6.07) is 5.14. The van der Waals surface area contributed by atoms with E-state index in [0.717, 1.165) is 28.1 Å². The Kier molecular flexibility index (Phi) is 8.94. The summed E-state index contributed by atoms with van der Waals surface area (Å²) < 4.78 is 4.77. The number of hydrogen-bond acceptors (Lipinski definition) is 4. The molecule has 0 bridgehead atoms. The number of carbonyl (C=O) groups is 3. The van der Waals surface area contributed by atoms with E-state index in [1.54, 1.807) is 7.05 Å². The first-order chi connectivity index (χ1) is 12.7. The molecule has 0 aliphatic rings. The summed E-state index contributed by atoms with van der Waals surface area (Å²) in [4.78, 5) is 37.2. The average Bonchev–Trinajstić information content (AvgIpc) is 2.61. The van der Waals surface area contributed by atoms with E-state index in [1.165, 1.54) is 7.11 Å². The monoisotopic (exact) mass is 378 g/mol. The molecular formula is C20H32N3O4+. The van der Waals surface area contributed by atoms with Crippen molar-refractivity contribution in [3.05, 3.63) is 29.3 Å². The predicted molar refractivity (Wildman–Crippen MR) is 105 cm³/mol. The molecule has 0 saturated heterocycles. The van der Waals surface area contributed by atoms with Gasteiger partial charge >= 0.3 is 5.97 Å². The Morgan fingerprint density at radius 1 is 1.11 bits per heavy atom. The largest absolute Gasteiger partial charge is 0.467 e. The lowest BCUT2D eigenvalue weighted by molar-refractivity contribution is -0.862. The van der Waals surface area contributed by atoms with Crippen molar-refractivity contribution in [3.8, 4) is 0 Å². The van der Waals surface area contributed by atoms with E-state index in [-0.39, 0.29) is 30.8 Å². The maximum atomic E-state index is 12.3. The van der Waals surface area contributed by atoms with E-state index in [9.17, 15) is 14.4 Å². The van der Waals surface area contributed by atoms with Crippen LogP contribution in [0.3, 0.4) is 0 Å². The Morgan fingerprint density at radius 2 is 1.67 bits per heavy atom. The molecule has 7 nitrogen and oxygen atoms in total. The molecule has 1 aromatic carbocycles. The van der Waals surface area contributed by atoms with Crippen molar-refractivity contribution in [2.45, 2.75) is 40.2 Å². The van der Waals surface area contributed by atoms with Crippen molar-refractivity contribution in [2.75, 3.05) is 32.6 Å². The van der Waals surface area contributed by atoms with Crippen molar-refractivity contribution in [2.24, 2.45) is 5.92 Å². The molecule has 0 aliphatic carbocycles. The van der Waals surface area contributed by atoms with Crippen molar-refractivity contribution < 1.29 is 24.0 Å². The Labute approximate surface area is 161 Å². The van der Waals surface area contributed by atoms with Gasteiger partial charge in [-0.25, -0.2) is 4.79 Å². The summed E-state index contributed by atoms with van der Waals surface area (Å²) in [6.07, 6.45) is 0.737. The molecule has 150 valence electrons. The van der Waals surface area contributed by atoms with Gasteiger partial charge in [-0.3, -0.25) is 9.59 Å². The lowest BCUT2D eigenvalue weighted by Crippen LogP contribution is -3.11. The molecular weight excluding hydrogens is 346 g/mol. The molecule has 3 atom stereocenters. The molecule has 0 fully saturated rings. The predicted octanol–water partition coefficient (Wildman–Crippen LogP) is 0.461. The van der Waals surface area contributed by atoms with Crippen molar-refractivity contribution >= 4 is 23.5 Å². The number of quaternary nitrogens is 1. The third-order valence-electron chi connectivity index (χ3n) is 4.65. The van der Waals surface area contributed by atoms with Gasteiger partial charge in [0.2, 0.25) is 0 Å². The average molecular weight is 378 g/mol. The Bertz CT molecular complexity index is 655. The lowest BCUT2D eigenvalue weighted by Gasteiger charge is -2.22. The number of rotatable bonds is 9. The number of methoxy groups -OCH3 is 1. The van der Waals surface area contributed by atoms with E-state index in [0.29, 0.717) is 0 Å². The smallest absolute Gasteiger partial charge is 0.328 e. The molecule has 2 amide bonds. The van der Waals surface area contributed by atoms with E-state index >= 15 is 0 Å². The fraction of sp³-hybridized carbons (Fsp3) is 0.550. The highest BCUT2D eigenvalue weighted by Crippen LogP contribution is 2.18. The van der Waals surface area contributed by atoms with Crippen LogP contribution in [0.2, 0.25) is 0 Å². The van der Waals surface area contributed by atoms with Crippen molar-refractivity contribution in [1.82, 2.24) is 5.32 Å². The number of para-hydroxylation sites is 1. The standard InChI is InChI=1S/C20H31N3O4/c1-7-13(2)19(20(26)27-6)22-17(25)12-23(5)11-16(24)21-18-14(3)9-8-10-15(18)4/h8-10,13,19H,7,11-12H2,1-6H3,(H,21,24)(H,22,25)/p+1/t13-,19+/m1/s1. The third-order valence-corrected chi connectivity index (χ3v) is 4.65. The summed E-state index contributed by atoms with van der Waals surface area (Å²) in [7, 11) is 3.07. The number of carbonyl (C=O) groups excluding carboxylic acids is 3. The highest BCUT2D eigenvalue weighted by molar-refractivity contribution is 5.93. The number of ether oxygens (including phenoxy) is 1. The van der Waals surface area contributed by atoms with Crippen LogP contribution in [-0.4, -0.2) is 51.1 Å². The molecule has 0 aliphatic heterocycles. The lowest BCUT2D eigenvalue weighted by atomic mass is 9.99. The Hall–Kier alpha value is -2.41. The van der Waals surface area contributed by atoms with Crippen LogP contribution in [0.15, 0.2) is 18.2 Å². The van der Waals surface area contributed by atoms with E-state index in [1.807, 2.05) is 45.9 Å². The van der Waals surface area contributed by atoms with E-state index < -0.39 is 12.0 Å². The maximum absolute atomic E-state index is 12.3. The van der Waals surface area contributed by atoms with Gasteiger partial charge in [0.05, 0.1) is 14.2 Å². The van der Waals surface area contributed by atoms with Gasteiger partial charge in [-0.15, -0.1) is 0 Å². The quantitative estimate of drug-likeness (QED) is 0.545. The summed E-state index contributed by atoms with van der Waals surface area (Å²) in [5.41, 5.74) is 2.80. The van der Waals surface area contributed by atoms with Gasteiger partial charge in [0.1, 0.15) is 6.04 Å². The SMILES string of the molecule is CC[C@@H](C)[C@H](NC(=O)C[NH+](C)CC(=O)Nc1c(C)cccc1C)C(=O)OC. The van der Waals surface area contributed by atoms with E-state index in [4.69, 9.17) is 4.74 Å². The van der Waals surface area contributed by atoms with Gasteiger partial charge in [-0.1, -0.05) is 38.5 Å². The van der Waals surface area contributed by atoms with Gasteiger partial charge in [0, 0.05) is 5.69 Å². The summed E-state index contributed by atoms with van der Waals surface area (Å²) in [6.45, 7) is 7.94. The Balaban J connectivity index is 2.59. The fourth-order valence-corrected chi connectivity index (χ4v) is 2.83. The van der Waals surface area contributed by atoms with Crippen LogP contribution < -0.4 is 15.5 Å². The molecule has 1 rings (SSSR count). The minimum absolute atomic E-state index is 0.0333. The third kappa shape index (κ3) is 7.02. The topological polar surface area (TPSA) is 88.9 Å². The molecule has 0 heterocycles. The van der Waals surface area contributed by atoms with Gasteiger partial charge in [-0.2, -0.15) is 0 Å². The summed E-state index contributed by atoms with van der Waals surface area (Å²) in [5.74, 6) is -0.940. The van der Waals surface area contributed by atoms with Gasteiger partial charge in [0.25, 0.3) is 11.8 Å². The van der Waals surface area contributed by atoms with Crippen LogP contribution in [0.25, 0.3) is 0 Å². The second kappa shape index (κ2) is 10.7. The van der Waals surface area contributed by atoms with Gasteiger partial charge < -0.3 is 20.3 Å². The zero-order chi connectivity index (χ0) is 20.6. The second-order valence-corrected chi connectivity index (χ2v) is 7.08. The first-order valence-corrected chi connectivity index (χ1v) is 9.24. The number of anilines is 1. The van der Waals surface area contributed by atoms with Gasteiger partial charge in [-0.05, 0) is 30.9 Å². The number of nitrogens with one attached hydrogen (secondary N) is 3. The van der Waals surface area contributed by atoms with Crippen LogP contribution >= 0.6 is 0 Å². The molecule has 7 heteroatoms. The number of benzene rings is 1. The zero-order valence-electron chi connectivity index (χ0n) is 17.1. The van der Waals surface area contributed by atoms with Gasteiger partial charge in [0.15, 0.2) is 13.1 Å². The molecule has 1 aromatic rings. The van der Waals surface area contributed by atoms with Crippen LogP contribution in [-0.2, 0) is 19.1 Å². The van der Waals surface area contributed by atoms with Crippen molar-refractivity contribution in [1.29, 1.82) is 0 Å². The first-order valence-electron chi connectivity index (χ1n) is 9.24. The fourth-order valence-electron chi connectivity index (χ4n) is 2.83. The number of amides is 2. The minimum Gasteiger partial charge on any atom is -0.467 e. The normalized spacial score (nSPS) is 14.0. The van der Waals surface area contributed by atoms with Crippen LogP contribution in [0.1, 0.15) is 31.4 Å². The number of hydrogen-bond donors (Lipinski definition) is 3. The highest BCUT2D eigenvalue weighted by Gasteiger charge is 2.27. The number of aryl methyl sites for hydroxylation is 2. The summed E-state index contributed by atoms with van der Waals surface area (Å²) >= 11 is 0. The highest BCUT2D eigenvalue weighted by atomic mass is 16.5.